The molecule has 0 saturated heterocycles. The first-order valence-corrected chi connectivity index (χ1v) is 12.7. The SMILES string of the molecule is C1=Cc2ccccc2[N-]C1=C1C=Cc2ccccc2[N-]1.F[P-](F)(F)(F)(F)F.F[P-](F)(F)(F)(F)F.[Ru+4]. The molecule has 2 aliphatic heterocycles. The Balaban J connectivity index is 0.000000343. The van der Waals surface area contributed by atoms with Crippen LogP contribution in [-0.2, 0) is 19.5 Å². The quantitative estimate of drug-likeness (QED) is 0.155. The molecule has 35 heavy (non-hydrogen) atoms. The van der Waals surface area contributed by atoms with Crippen molar-refractivity contribution in [1.82, 2.24) is 0 Å². The van der Waals surface area contributed by atoms with E-state index in [0.717, 1.165) is 33.9 Å². The van der Waals surface area contributed by atoms with Crippen LogP contribution < -0.4 is 0 Å². The summed E-state index contributed by atoms with van der Waals surface area (Å²) in [6.07, 6.45) is 8.24. The minimum atomic E-state index is -10.7. The first kappa shape index (κ1) is 30.9. The Bertz CT molecular complexity index is 1070. The summed E-state index contributed by atoms with van der Waals surface area (Å²) in [4.78, 5) is 0. The molecule has 17 heteroatoms. The van der Waals surface area contributed by atoms with Crippen LogP contribution in [0.2, 0.25) is 0 Å². The van der Waals surface area contributed by atoms with Crippen molar-refractivity contribution in [3.63, 3.8) is 0 Å². The maximum Gasteiger partial charge on any atom is 4.00 e. The van der Waals surface area contributed by atoms with Gasteiger partial charge in [0.1, 0.15) is 0 Å². The average molecular weight is 647 g/mol. The molecular weight excluding hydrogens is 635 g/mol. The van der Waals surface area contributed by atoms with Crippen LogP contribution in [0.15, 0.2) is 72.1 Å². The molecule has 4 rings (SSSR count). The minimum absolute atomic E-state index is 0. The van der Waals surface area contributed by atoms with Gasteiger partial charge in [-0.05, 0) is 11.1 Å². The predicted molar refractivity (Wildman–Crippen MR) is 111 cm³/mol. The summed E-state index contributed by atoms with van der Waals surface area (Å²) >= 11 is 0. The molecule has 2 aromatic rings. The van der Waals surface area contributed by atoms with Gasteiger partial charge in [0.15, 0.2) is 0 Å². The molecule has 2 aromatic carbocycles. The van der Waals surface area contributed by atoms with Crippen LogP contribution in [0.3, 0.4) is 0 Å². The van der Waals surface area contributed by atoms with E-state index >= 15 is 0 Å². The van der Waals surface area contributed by atoms with E-state index in [1.807, 2.05) is 48.6 Å². The molecule has 196 valence electrons. The zero-order valence-corrected chi connectivity index (χ0v) is 20.1. The van der Waals surface area contributed by atoms with Crippen molar-refractivity contribution in [2.75, 3.05) is 0 Å². The first-order valence-electron chi connectivity index (χ1n) is 8.65. The number of allylic oxidation sites excluding steroid dienone is 2. The molecule has 0 aliphatic carbocycles. The smallest absolute Gasteiger partial charge is 4.00 e. The molecule has 0 amide bonds. The summed E-state index contributed by atoms with van der Waals surface area (Å²) in [6.45, 7) is 0. The van der Waals surface area contributed by atoms with E-state index in [-0.39, 0.29) is 19.5 Å². The second-order valence-corrected chi connectivity index (χ2v) is 10.5. The third-order valence-corrected chi connectivity index (χ3v) is 3.46. The van der Waals surface area contributed by atoms with Gasteiger partial charge in [0.2, 0.25) is 0 Å². The Kier molecular flexibility index (Phi) is 7.50. The van der Waals surface area contributed by atoms with Gasteiger partial charge >= 0.3 is 85.5 Å². The Labute approximate surface area is 203 Å². The van der Waals surface area contributed by atoms with E-state index in [1.54, 1.807) is 0 Å². The molecule has 0 radical (unpaired) electrons. The number of hydrogen-bond donors (Lipinski definition) is 0. The van der Waals surface area contributed by atoms with Gasteiger partial charge in [-0.1, -0.05) is 72.8 Å². The molecule has 2 nitrogen and oxygen atoms in total. The predicted octanol–water partition coefficient (Wildman–Crippen LogP) is 12.4. The van der Waals surface area contributed by atoms with Gasteiger partial charge in [0.05, 0.1) is 0 Å². The van der Waals surface area contributed by atoms with Crippen LogP contribution in [-0.4, -0.2) is 0 Å². The fourth-order valence-electron chi connectivity index (χ4n) is 2.42. The van der Waals surface area contributed by atoms with Gasteiger partial charge in [-0.15, -0.1) is 11.4 Å². The monoisotopic (exact) mass is 648 g/mol. The molecule has 2 aliphatic rings. The molecule has 0 N–H and O–H groups in total. The summed E-state index contributed by atoms with van der Waals surface area (Å²) in [5.74, 6) is 0. The molecular formula is C18H12F12N2P2Ru. The van der Waals surface area contributed by atoms with Crippen LogP contribution >= 0.6 is 15.6 Å². The first-order chi connectivity index (χ1) is 14.8. The standard InChI is InChI=1S/C18H12N2.2F6P.Ru/c1-3-7-15-13(5-1)9-11-17(19-15)18-12-10-14-6-2-4-8-16(14)20-18;2*1-7(2,3,4,5)6;/h1-12H;;;/q-2;2*-1;+4. The van der Waals surface area contributed by atoms with Crippen molar-refractivity contribution >= 4 is 39.1 Å². The largest absolute Gasteiger partial charge is 4.00 e. The number of nitrogens with zero attached hydrogens (tertiary/aromatic N) is 2. The average Bonchev–Trinajstić information content (AvgIpc) is 2.62. The van der Waals surface area contributed by atoms with Crippen molar-refractivity contribution in [3.05, 3.63) is 93.8 Å². The van der Waals surface area contributed by atoms with E-state index in [1.165, 1.54) is 0 Å². The zero-order chi connectivity index (χ0) is 26.2. The van der Waals surface area contributed by atoms with E-state index in [2.05, 4.69) is 34.9 Å². The van der Waals surface area contributed by atoms with E-state index < -0.39 is 15.6 Å². The molecule has 0 aromatic heterocycles. The van der Waals surface area contributed by atoms with Crippen molar-refractivity contribution < 1.29 is 69.8 Å². The van der Waals surface area contributed by atoms with Crippen LogP contribution in [0.5, 0.6) is 0 Å². The number of hydrogen-bond acceptors (Lipinski definition) is 0. The normalized spacial score (nSPS) is 20.0. The summed E-state index contributed by atoms with van der Waals surface area (Å²) in [6, 6.07) is 16.3. The van der Waals surface area contributed by atoms with Crippen molar-refractivity contribution in [2.45, 2.75) is 0 Å². The fraction of sp³-hybridized carbons (Fsp3) is 0. The Morgan fingerprint density at radius 3 is 0.971 bits per heavy atom. The van der Waals surface area contributed by atoms with Gasteiger partial charge in [0.25, 0.3) is 0 Å². The molecule has 0 saturated carbocycles. The molecule has 0 fully saturated rings. The van der Waals surface area contributed by atoms with Gasteiger partial charge < -0.3 is 10.6 Å². The van der Waals surface area contributed by atoms with Crippen molar-refractivity contribution in [1.29, 1.82) is 0 Å². The van der Waals surface area contributed by atoms with Gasteiger partial charge in [-0.25, -0.2) is 0 Å². The maximum atomic E-state index is 9.87. The number of rotatable bonds is 0. The molecule has 0 bridgehead atoms. The second-order valence-electron chi connectivity index (χ2n) is 6.70. The van der Waals surface area contributed by atoms with Crippen LogP contribution in [0, 0.1) is 0 Å². The second kappa shape index (κ2) is 8.49. The molecule has 0 atom stereocenters. The Hall–Kier alpha value is -2.10. The zero-order valence-electron chi connectivity index (χ0n) is 16.6. The van der Waals surface area contributed by atoms with Crippen molar-refractivity contribution in [2.24, 2.45) is 0 Å². The number of para-hydroxylation sites is 2. The van der Waals surface area contributed by atoms with Crippen LogP contribution in [0.25, 0.3) is 22.8 Å². The van der Waals surface area contributed by atoms with Gasteiger partial charge in [-0.2, -0.15) is 11.4 Å². The van der Waals surface area contributed by atoms with Gasteiger partial charge in [-0.3, -0.25) is 0 Å². The van der Waals surface area contributed by atoms with E-state index in [4.69, 9.17) is 0 Å². The Morgan fingerprint density at radius 1 is 0.429 bits per heavy atom. The maximum absolute atomic E-state index is 10.7. The summed E-state index contributed by atoms with van der Waals surface area (Å²) < 4.78 is 118. The number of fused-ring (bicyclic) bond motifs is 2. The number of halogens is 12. The molecule has 0 spiro atoms. The summed E-state index contributed by atoms with van der Waals surface area (Å²) in [5, 5.41) is 9.38. The molecule has 2 heterocycles. The van der Waals surface area contributed by atoms with Crippen molar-refractivity contribution in [3.8, 4) is 0 Å². The minimum Gasteiger partial charge on any atom is 4.00 e. The molecule has 0 unspecified atom stereocenters. The Morgan fingerprint density at radius 2 is 0.686 bits per heavy atom. The van der Waals surface area contributed by atoms with Gasteiger partial charge in [0, 0.05) is 0 Å². The van der Waals surface area contributed by atoms with E-state index in [0.29, 0.717) is 0 Å². The third kappa shape index (κ3) is 16.2. The fourth-order valence-corrected chi connectivity index (χ4v) is 2.42. The summed E-state index contributed by atoms with van der Waals surface area (Å²) in [5.41, 5.74) is 6.12. The van der Waals surface area contributed by atoms with Crippen LogP contribution in [0.1, 0.15) is 11.1 Å². The summed E-state index contributed by atoms with van der Waals surface area (Å²) in [7, 11) is -21.3. The third-order valence-electron chi connectivity index (χ3n) is 3.46. The topological polar surface area (TPSA) is 28.2 Å². The van der Waals surface area contributed by atoms with E-state index in [9.17, 15) is 50.4 Å². The number of benzene rings is 2. The van der Waals surface area contributed by atoms with Crippen LogP contribution in [0.4, 0.5) is 61.7 Å².